The molecule has 0 aliphatic rings. The Morgan fingerprint density at radius 1 is 1.29 bits per heavy atom. The van der Waals surface area contributed by atoms with E-state index in [9.17, 15) is 18.3 Å². The monoisotopic (exact) mass is 426 g/mol. The number of nitrogens with one attached hydrogen (secondary N) is 1. The third-order valence-corrected chi connectivity index (χ3v) is 6.29. The molecule has 1 amide bonds. The first-order valence-corrected chi connectivity index (χ1v) is 10.3. The Morgan fingerprint density at radius 2 is 2.00 bits per heavy atom. The van der Waals surface area contributed by atoms with E-state index < -0.39 is 22.0 Å². The largest absolute Gasteiger partial charge is 0.389 e. The van der Waals surface area contributed by atoms with Crippen LogP contribution in [0.4, 0.5) is 5.69 Å². The average Bonchev–Trinajstić information content (AvgIpc) is 2.65. The molecule has 0 aromatic heterocycles. The van der Waals surface area contributed by atoms with Gasteiger partial charge in [-0.15, -0.1) is 0 Å². The zero-order valence-corrected chi connectivity index (χ0v) is 17.4. The number of likely N-dealkylation sites (N-methyl/N-ethyl adjacent to an activating group) is 1. The highest BCUT2D eigenvalue weighted by molar-refractivity contribution is 7.89. The van der Waals surface area contributed by atoms with Crippen molar-refractivity contribution < 1.29 is 23.1 Å². The number of ether oxygens (including phenoxy) is 1. The predicted molar refractivity (Wildman–Crippen MR) is 108 cm³/mol. The highest BCUT2D eigenvalue weighted by Crippen LogP contribution is 2.21. The summed E-state index contributed by atoms with van der Waals surface area (Å²) in [5.41, 5.74) is 1.57. The number of carbonyl (C=O) groups excluding carboxylic acids is 1. The Labute approximate surface area is 169 Å². The normalized spacial score (nSPS) is 12.8. The zero-order chi connectivity index (χ0) is 20.9. The summed E-state index contributed by atoms with van der Waals surface area (Å²) in [7, 11) is -1.10. The number of amides is 1. The van der Waals surface area contributed by atoms with Crippen LogP contribution in [-0.4, -0.2) is 57.1 Å². The number of carbonyl (C=O) groups is 1. The van der Waals surface area contributed by atoms with Crippen LogP contribution in [-0.2, 0) is 14.8 Å². The molecule has 2 N–H and O–H groups in total. The quantitative estimate of drug-likeness (QED) is 0.676. The Balaban J connectivity index is 2.20. The van der Waals surface area contributed by atoms with Gasteiger partial charge in [-0.1, -0.05) is 23.7 Å². The van der Waals surface area contributed by atoms with Crippen LogP contribution in [0.25, 0.3) is 0 Å². The van der Waals surface area contributed by atoms with E-state index in [-0.39, 0.29) is 23.6 Å². The fourth-order valence-corrected chi connectivity index (χ4v) is 3.93. The molecular formula is C19H23ClN2O5S. The van der Waals surface area contributed by atoms with Gasteiger partial charge < -0.3 is 15.2 Å². The van der Waals surface area contributed by atoms with Gasteiger partial charge in [0.25, 0.3) is 5.91 Å². The number of hydrogen-bond acceptors (Lipinski definition) is 5. The molecule has 1 unspecified atom stereocenters. The van der Waals surface area contributed by atoms with E-state index in [0.717, 1.165) is 9.87 Å². The molecular weight excluding hydrogens is 404 g/mol. The summed E-state index contributed by atoms with van der Waals surface area (Å²) in [4.78, 5) is 12.5. The van der Waals surface area contributed by atoms with E-state index in [1.54, 1.807) is 18.2 Å². The molecule has 152 valence electrons. The molecule has 9 heteroatoms. The lowest BCUT2D eigenvalue weighted by Gasteiger charge is -2.20. The molecule has 0 radical (unpaired) electrons. The van der Waals surface area contributed by atoms with Gasteiger partial charge in [0, 0.05) is 37.0 Å². The van der Waals surface area contributed by atoms with Crippen molar-refractivity contribution in [1.82, 2.24) is 4.31 Å². The fourth-order valence-electron chi connectivity index (χ4n) is 2.49. The minimum atomic E-state index is -3.88. The second kappa shape index (κ2) is 9.49. The van der Waals surface area contributed by atoms with Gasteiger partial charge in [-0.25, -0.2) is 8.42 Å². The van der Waals surface area contributed by atoms with E-state index in [1.807, 2.05) is 6.92 Å². The molecule has 0 heterocycles. The minimum Gasteiger partial charge on any atom is -0.389 e. The van der Waals surface area contributed by atoms with Crippen LogP contribution in [0.5, 0.6) is 0 Å². The minimum absolute atomic E-state index is 0.0153. The maximum Gasteiger partial charge on any atom is 0.255 e. The van der Waals surface area contributed by atoms with Gasteiger partial charge in [0.2, 0.25) is 10.0 Å². The van der Waals surface area contributed by atoms with Crippen LogP contribution >= 0.6 is 11.6 Å². The number of methoxy groups -OCH3 is 1. The lowest BCUT2D eigenvalue weighted by molar-refractivity contribution is 0.0554. The summed E-state index contributed by atoms with van der Waals surface area (Å²) < 4.78 is 31.3. The topological polar surface area (TPSA) is 95.9 Å². The molecule has 0 fully saturated rings. The molecule has 0 aliphatic heterocycles. The Kier molecular flexibility index (Phi) is 7.56. The van der Waals surface area contributed by atoms with Crippen molar-refractivity contribution >= 4 is 33.2 Å². The summed E-state index contributed by atoms with van der Waals surface area (Å²) in [5, 5.41) is 13.0. The molecule has 0 saturated heterocycles. The summed E-state index contributed by atoms with van der Waals surface area (Å²) >= 11 is 6.06. The third-order valence-electron chi connectivity index (χ3n) is 4.06. The van der Waals surface area contributed by atoms with Gasteiger partial charge in [0.05, 0.1) is 17.6 Å². The smallest absolute Gasteiger partial charge is 0.255 e. The molecule has 0 saturated carbocycles. The van der Waals surface area contributed by atoms with Crippen LogP contribution in [0, 0.1) is 6.92 Å². The molecule has 2 rings (SSSR count). The molecule has 7 nitrogen and oxygen atoms in total. The summed E-state index contributed by atoms with van der Waals surface area (Å²) in [5.74, 6) is -0.459. The standard InChI is InChI=1S/C19H23ClN2O5S/c1-13-7-8-15(10-18(13)20)21-19(24)14-5-4-6-17(9-14)28(25,26)22(2)11-16(23)12-27-3/h4-10,16,23H,11-12H2,1-3H3,(H,21,24). The maximum absolute atomic E-state index is 12.7. The summed E-state index contributed by atoms with van der Waals surface area (Å²) in [6.07, 6.45) is -0.956. The number of anilines is 1. The van der Waals surface area contributed by atoms with Crippen molar-refractivity contribution in [3.63, 3.8) is 0 Å². The highest BCUT2D eigenvalue weighted by Gasteiger charge is 2.24. The van der Waals surface area contributed by atoms with E-state index in [2.05, 4.69) is 5.32 Å². The maximum atomic E-state index is 12.7. The Morgan fingerprint density at radius 3 is 2.64 bits per heavy atom. The van der Waals surface area contributed by atoms with Crippen molar-refractivity contribution in [2.75, 3.05) is 32.6 Å². The van der Waals surface area contributed by atoms with E-state index in [0.29, 0.717) is 10.7 Å². The average molecular weight is 427 g/mol. The van der Waals surface area contributed by atoms with Gasteiger partial charge in [-0.3, -0.25) is 4.79 Å². The number of benzene rings is 2. The Bertz CT molecular complexity index is 949. The van der Waals surface area contributed by atoms with Crippen molar-refractivity contribution in [2.24, 2.45) is 0 Å². The van der Waals surface area contributed by atoms with E-state index in [4.69, 9.17) is 16.3 Å². The first-order chi connectivity index (χ1) is 13.1. The zero-order valence-electron chi connectivity index (χ0n) is 15.8. The molecule has 0 spiro atoms. The van der Waals surface area contributed by atoms with Crippen molar-refractivity contribution in [2.45, 2.75) is 17.9 Å². The second-order valence-corrected chi connectivity index (χ2v) is 8.79. The van der Waals surface area contributed by atoms with Crippen LogP contribution in [0.2, 0.25) is 5.02 Å². The molecule has 1 atom stereocenters. The highest BCUT2D eigenvalue weighted by atomic mass is 35.5. The van der Waals surface area contributed by atoms with Gasteiger partial charge in [0.1, 0.15) is 0 Å². The molecule has 0 aliphatic carbocycles. The molecule has 2 aromatic rings. The van der Waals surface area contributed by atoms with Crippen molar-refractivity contribution in [1.29, 1.82) is 0 Å². The number of aliphatic hydroxyl groups is 1. The van der Waals surface area contributed by atoms with E-state index >= 15 is 0 Å². The lowest BCUT2D eigenvalue weighted by Crippen LogP contribution is -2.36. The number of sulfonamides is 1. The van der Waals surface area contributed by atoms with Crippen molar-refractivity contribution in [3.8, 4) is 0 Å². The van der Waals surface area contributed by atoms with Crippen LogP contribution in [0.3, 0.4) is 0 Å². The molecule has 2 aromatic carbocycles. The number of rotatable bonds is 8. The Hall–Kier alpha value is -1.97. The summed E-state index contributed by atoms with van der Waals surface area (Å²) in [6.45, 7) is 1.73. The van der Waals surface area contributed by atoms with Gasteiger partial charge in [-0.05, 0) is 42.8 Å². The van der Waals surface area contributed by atoms with Gasteiger partial charge in [0.15, 0.2) is 0 Å². The van der Waals surface area contributed by atoms with Crippen LogP contribution < -0.4 is 5.32 Å². The lowest BCUT2D eigenvalue weighted by atomic mass is 10.2. The number of nitrogens with zero attached hydrogens (tertiary/aromatic N) is 1. The summed E-state index contributed by atoms with van der Waals surface area (Å²) in [6, 6.07) is 10.8. The first kappa shape index (κ1) is 22.3. The fraction of sp³-hybridized carbons (Fsp3) is 0.316. The SMILES string of the molecule is COCC(O)CN(C)S(=O)(=O)c1cccc(C(=O)Nc2ccc(C)c(Cl)c2)c1. The number of aryl methyl sites for hydroxylation is 1. The van der Waals surface area contributed by atoms with Gasteiger partial charge in [-0.2, -0.15) is 4.31 Å². The van der Waals surface area contributed by atoms with Gasteiger partial charge >= 0.3 is 0 Å². The molecule has 28 heavy (non-hydrogen) atoms. The second-order valence-electron chi connectivity index (χ2n) is 6.34. The van der Waals surface area contributed by atoms with Crippen molar-refractivity contribution in [3.05, 3.63) is 58.6 Å². The molecule has 0 bridgehead atoms. The number of halogens is 1. The number of aliphatic hydroxyl groups excluding tert-OH is 1. The van der Waals surface area contributed by atoms with Crippen LogP contribution in [0.15, 0.2) is 47.4 Å². The van der Waals surface area contributed by atoms with E-state index in [1.165, 1.54) is 38.4 Å². The third kappa shape index (κ3) is 5.52. The first-order valence-electron chi connectivity index (χ1n) is 8.46. The predicted octanol–water partition coefficient (Wildman–Crippen LogP) is 2.53. The number of hydrogen-bond donors (Lipinski definition) is 2. The van der Waals surface area contributed by atoms with Crippen LogP contribution in [0.1, 0.15) is 15.9 Å².